The lowest BCUT2D eigenvalue weighted by atomic mass is 10.1. The van der Waals surface area contributed by atoms with Gasteiger partial charge in [-0.2, -0.15) is 0 Å². The van der Waals surface area contributed by atoms with Crippen LogP contribution in [0, 0.1) is 6.92 Å². The van der Waals surface area contributed by atoms with E-state index in [9.17, 15) is 0 Å². The Hall–Kier alpha value is -1.26. The zero-order valence-electron chi connectivity index (χ0n) is 12.7. The summed E-state index contributed by atoms with van der Waals surface area (Å²) < 4.78 is 0. The Morgan fingerprint density at radius 2 is 2.15 bits per heavy atom. The molecule has 0 saturated heterocycles. The molecule has 0 spiro atoms. The van der Waals surface area contributed by atoms with Crippen molar-refractivity contribution in [2.75, 3.05) is 6.54 Å². The number of hydrogen-bond donors (Lipinski definition) is 1. The molecule has 0 bridgehead atoms. The van der Waals surface area contributed by atoms with Gasteiger partial charge in [0.2, 0.25) is 0 Å². The van der Waals surface area contributed by atoms with E-state index in [2.05, 4.69) is 44.1 Å². The minimum Gasteiger partial charge on any atom is -0.312 e. The normalized spacial score (nSPS) is 11.2. The molecule has 3 nitrogen and oxygen atoms in total. The molecule has 0 radical (unpaired) electrons. The van der Waals surface area contributed by atoms with Gasteiger partial charge in [-0.3, -0.25) is 4.98 Å². The molecule has 4 heteroatoms. The SMILES string of the molecule is CCCNCc1sc(-c2ccncc2C)nc1C(C)C. The highest BCUT2D eigenvalue weighted by Crippen LogP contribution is 2.32. The number of nitrogens with zero attached hydrogens (tertiary/aromatic N) is 2. The van der Waals surface area contributed by atoms with Crippen LogP contribution in [0.3, 0.4) is 0 Å². The topological polar surface area (TPSA) is 37.8 Å². The van der Waals surface area contributed by atoms with Gasteiger partial charge in [0.05, 0.1) is 5.69 Å². The predicted octanol–water partition coefficient (Wildman–Crippen LogP) is 4.14. The Morgan fingerprint density at radius 1 is 1.35 bits per heavy atom. The maximum atomic E-state index is 4.87. The van der Waals surface area contributed by atoms with Crippen LogP contribution in [0.2, 0.25) is 0 Å². The Bertz CT molecular complexity index is 561. The van der Waals surface area contributed by atoms with E-state index in [1.54, 1.807) is 11.3 Å². The van der Waals surface area contributed by atoms with Crippen molar-refractivity contribution < 1.29 is 0 Å². The van der Waals surface area contributed by atoms with Crippen molar-refractivity contribution in [1.29, 1.82) is 0 Å². The number of pyridine rings is 1. The van der Waals surface area contributed by atoms with Gasteiger partial charge in [-0.1, -0.05) is 20.8 Å². The maximum Gasteiger partial charge on any atom is 0.124 e. The summed E-state index contributed by atoms with van der Waals surface area (Å²) >= 11 is 1.80. The molecule has 0 amide bonds. The van der Waals surface area contributed by atoms with Gasteiger partial charge in [-0.15, -0.1) is 11.3 Å². The molecule has 2 rings (SSSR count). The van der Waals surface area contributed by atoms with Gasteiger partial charge >= 0.3 is 0 Å². The first-order valence-corrected chi connectivity index (χ1v) is 8.06. The molecule has 1 N–H and O–H groups in total. The summed E-state index contributed by atoms with van der Waals surface area (Å²) in [5.41, 5.74) is 3.61. The average molecular weight is 289 g/mol. The van der Waals surface area contributed by atoms with E-state index in [0.717, 1.165) is 24.5 Å². The van der Waals surface area contributed by atoms with Crippen LogP contribution in [0.4, 0.5) is 0 Å². The molecule has 2 heterocycles. The van der Waals surface area contributed by atoms with Gasteiger partial charge in [0.15, 0.2) is 0 Å². The molecule has 20 heavy (non-hydrogen) atoms. The van der Waals surface area contributed by atoms with Gasteiger partial charge in [0.25, 0.3) is 0 Å². The molecule has 0 unspecified atom stereocenters. The van der Waals surface area contributed by atoms with Gasteiger partial charge in [-0.25, -0.2) is 4.98 Å². The lowest BCUT2D eigenvalue weighted by Gasteiger charge is -2.05. The predicted molar refractivity (Wildman–Crippen MR) is 86.2 cm³/mol. The zero-order valence-corrected chi connectivity index (χ0v) is 13.5. The van der Waals surface area contributed by atoms with Crippen molar-refractivity contribution in [3.8, 4) is 10.6 Å². The van der Waals surface area contributed by atoms with Crippen LogP contribution in [0.5, 0.6) is 0 Å². The molecule has 0 saturated carbocycles. The number of aryl methyl sites for hydroxylation is 1. The Balaban J connectivity index is 2.31. The van der Waals surface area contributed by atoms with Crippen molar-refractivity contribution in [3.63, 3.8) is 0 Å². The molecule has 2 aromatic heterocycles. The number of nitrogens with one attached hydrogen (secondary N) is 1. The van der Waals surface area contributed by atoms with Crippen molar-refractivity contribution in [3.05, 3.63) is 34.6 Å². The van der Waals surface area contributed by atoms with Crippen LogP contribution < -0.4 is 5.32 Å². The third kappa shape index (κ3) is 3.44. The maximum absolute atomic E-state index is 4.87. The molecule has 0 aliphatic heterocycles. The fraction of sp³-hybridized carbons (Fsp3) is 0.500. The first kappa shape index (κ1) is 15.1. The van der Waals surface area contributed by atoms with Crippen molar-refractivity contribution >= 4 is 11.3 Å². The van der Waals surface area contributed by atoms with Crippen LogP contribution in [0.1, 0.15) is 49.2 Å². The molecule has 108 valence electrons. The van der Waals surface area contributed by atoms with E-state index < -0.39 is 0 Å². The van der Waals surface area contributed by atoms with Gasteiger partial charge in [-0.05, 0) is 37.4 Å². The lowest BCUT2D eigenvalue weighted by Crippen LogP contribution is -2.14. The quantitative estimate of drug-likeness (QED) is 0.812. The molecular weight excluding hydrogens is 266 g/mol. The highest BCUT2D eigenvalue weighted by molar-refractivity contribution is 7.15. The molecule has 0 fully saturated rings. The van der Waals surface area contributed by atoms with Crippen molar-refractivity contribution in [1.82, 2.24) is 15.3 Å². The summed E-state index contributed by atoms with van der Waals surface area (Å²) in [6.07, 6.45) is 4.90. The van der Waals surface area contributed by atoms with Crippen LogP contribution in [-0.4, -0.2) is 16.5 Å². The Morgan fingerprint density at radius 3 is 2.80 bits per heavy atom. The minimum atomic E-state index is 0.459. The van der Waals surface area contributed by atoms with Crippen LogP contribution in [0.25, 0.3) is 10.6 Å². The van der Waals surface area contributed by atoms with E-state index in [1.807, 2.05) is 12.4 Å². The minimum absolute atomic E-state index is 0.459. The molecular formula is C16H23N3S. The number of aromatic nitrogens is 2. The average Bonchev–Trinajstić information content (AvgIpc) is 2.84. The van der Waals surface area contributed by atoms with Crippen molar-refractivity contribution in [2.45, 2.75) is 46.6 Å². The first-order chi connectivity index (χ1) is 9.63. The van der Waals surface area contributed by atoms with Crippen LogP contribution >= 0.6 is 11.3 Å². The van der Waals surface area contributed by atoms with E-state index in [0.29, 0.717) is 5.92 Å². The van der Waals surface area contributed by atoms with E-state index >= 15 is 0 Å². The monoisotopic (exact) mass is 289 g/mol. The fourth-order valence-corrected chi connectivity index (χ4v) is 3.43. The summed E-state index contributed by atoms with van der Waals surface area (Å²) in [6.45, 7) is 10.7. The second kappa shape index (κ2) is 6.95. The summed E-state index contributed by atoms with van der Waals surface area (Å²) in [4.78, 5) is 10.4. The Labute approximate surface area is 125 Å². The van der Waals surface area contributed by atoms with Gasteiger partial charge < -0.3 is 5.32 Å². The number of thiazole rings is 1. The number of rotatable bonds is 6. The standard InChI is InChI=1S/C16H23N3S/c1-5-7-17-10-14-15(11(2)3)19-16(20-14)13-6-8-18-9-12(13)4/h6,8-9,11,17H,5,7,10H2,1-4H3. The molecule has 0 aromatic carbocycles. The van der Waals surface area contributed by atoms with Gasteiger partial charge in [0, 0.05) is 29.4 Å². The second-order valence-electron chi connectivity index (χ2n) is 5.35. The summed E-state index contributed by atoms with van der Waals surface area (Å²) in [7, 11) is 0. The highest BCUT2D eigenvalue weighted by atomic mass is 32.1. The number of hydrogen-bond acceptors (Lipinski definition) is 4. The molecule has 0 atom stereocenters. The van der Waals surface area contributed by atoms with E-state index in [1.165, 1.54) is 21.7 Å². The Kier molecular flexibility index (Phi) is 5.26. The largest absolute Gasteiger partial charge is 0.312 e. The fourth-order valence-electron chi connectivity index (χ4n) is 2.15. The zero-order chi connectivity index (χ0) is 14.5. The van der Waals surface area contributed by atoms with Crippen molar-refractivity contribution in [2.24, 2.45) is 0 Å². The van der Waals surface area contributed by atoms with E-state index in [4.69, 9.17) is 4.98 Å². The van der Waals surface area contributed by atoms with Gasteiger partial charge in [0.1, 0.15) is 5.01 Å². The third-order valence-corrected chi connectivity index (χ3v) is 4.34. The molecule has 0 aliphatic carbocycles. The van der Waals surface area contributed by atoms with E-state index in [-0.39, 0.29) is 0 Å². The van der Waals surface area contributed by atoms with Crippen LogP contribution in [-0.2, 0) is 6.54 Å². The van der Waals surface area contributed by atoms with Crippen LogP contribution in [0.15, 0.2) is 18.5 Å². The highest BCUT2D eigenvalue weighted by Gasteiger charge is 2.15. The lowest BCUT2D eigenvalue weighted by molar-refractivity contribution is 0.670. The summed E-state index contributed by atoms with van der Waals surface area (Å²) in [5, 5.41) is 4.60. The first-order valence-electron chi connectivity index (χ1n) is 7.24. The second-order valence-corrected chi connectivity index (χ2v) is 6.43. The molecule has 2 aromatic rings. The smallest absolute Gasteiger partial charge is 0.124 e. The molecule has 0 aliphatic rings. The third-order valence-electron chi connectivity index (χ3n) is 3.24. The summed E-state index contributed by atoms with van der Waals surface area (Å²) in [5.74, 6) is 0.459. The summed E-state index contributed by atoms with van der Waals surface area (Å²) in [6, 6.07) is 2.06.